The Balaban J connectivity index is 2.39. The van der Waals surface area contributed by atoms with Crippen molar-refractivity contribution < 1.29 is 4.39 Å². The number of nitrogens with two attached hydrogens (primary N) is 1. The van der Waals surface area contributed by atoms with Crippen LogP contribution in [-0.2, 0) is 6.54 Å². The standard InChI is InChI=1S/C10H11ClFN5/c11-8-4-1-3-7(9(8)12)10-14-15-16-17(10)6-2-5-13/h1,3-4H,2,5-6,13H2. The van der Waals surface area contributed by atoms with Gasteiger partial charge >= 0.3 is 0 Å². The van der Waals surface area contributed by atoms with Gasteiger partial charge in [-0.25, -0.2) is 9.07 Å². The fourth-order valence-corrected chi connectivity index (χ4v) is 1.64. The Morgan fingerprint density at radius 3 is 3.00 bits per heavy atom. The summed E-state index contributed by atoms with van der Waals surface area (Å²) in [6.45, 7) is 1.07. The molecule has 1 aromatic carbocycles. The maximum absolute atomic E-state index is 13.8. The maximum Gasteiger partial charge on any atom is 0.185 e. The molecule has 0 atom stereocenters. The van der Waals surface area contributed by atoms with Gasteiger partial charge in [0.2, 0.25) is 0 Å². The average molecular weight is 256 g/mol. The molecular formula is C10H11ClFN5. The van der Waals surface area contributed by atoms with Gasteiger partial charge in [0.05, 0.1) is 10.6 Å². The Morgan fingerprint density at radius 1 is 1.41 bits per heavy atom. The molecule has 90 valence electrons. The van der Waals surface area contributed by atoms with Crippen molar-refractivity contribution in [1.82, 2.24) is 20.2 Å². The third-order valence-electron chi connectivity index (χ3n) is 2.30. The summed E-state index contributed by atoms with van der Waals surface area (Å²) in [4.78, 5) is 0. The van der Waals surface area contributed by atoms with Crippen molar-refractivity contribution in [2.45, 2.75) is 13.0 Å². The molecule has 1 heterocycles. The van der Waals surface area contributed by atoms with Gasteiger partial charge in [-0.2, -0.15) is 0 Å². The molecule has 0 radical (unpaired) electrons. The van der Waals surface area contributed by atoms with E-state index in [0.717, 1.165) is 6.42 Å². The summed E-state index contributed by atoms with van der Waals surface area (Å²) >= 11 is 5.71. The fraction of sp³-hybridized carbons (Fsp3) is 0.300. The van der Waals surface area contributed by atoms with E-state index < -0.39 is 5.82 Å². The summed E-state index contributed by atoms with van der Waals surface area (Å²) in [6, 6.07) is 4.73. The van der Waals surface area contributed by atoms with Crippen molar-refractivity contribution in [3.05, 3.63) is 29.0 Å². The highest BCUT2D eigenvalue weighted by Gasteiger charge is 2.14. The quantitative estimate of drug-likeness (QED) is 0.898. The lowest BCUT2D eigenvalue weighted by atomic mass is 10.2. The molecule has 0 aliphatic heterocycles. The van der Waals surface area contributed by atoms with E-state index in [9.17, 15) is 4.39 Å². The molecule has 0 aliphatic carbocycles. The van der Waals surface area contributed by atoms with Gasteiger partial charge in [-0.05, 0) is 35.5 Å². The maximum atomic E-state index is 13.8. The Morgan fingerprint density at radius 2 is 2.24 bits per heavy atom. The zero-order valence-corrected chi connectivity index (χ0v) is 9.73. The van der Waals surface area contributed by atoms with E-state index in [1.165, 1.54) is 10.7 Å². The first kappa shape index (κ1) is 11.9. The third-order valence-corrected chi connectivity index (χ3v) is 2.59. The van der Waals surface area contributed by atoms with Gasteiger partial charge in [0.25, 0.3) is 0 Å². The van der Waals surface area contributed by atoms with E-state index in [0.29, 0.717) is 24.5 Å². The van der Waals surface area contributed by atoms with Gasteiger partial charge in [0.1, 0.15) is 0 Å². The summed E-state index contributed by atoms with van der Waals surface area (Å²) in [7, 11) is 0. The fourth-order valence-electron chi connectivity index (χ4n) is 1.47. The van der Waals surface area contributed by atoms with Crippen LogP contribution in [-0.4, -0.2) is 26.8 Å². The van der Waals surface area contributed by atoms with Crippen molar-refractivity contribution in [2.24, 2.45) is 5.73 Å². The van der Waals surface area contributed by atoms with Crippen molar-refractivity contribution in [3.63, 3.8) is 0 Å². The van der Waals surface area contributed by atoms with Crippen LogP contribution in [0.25, 0.3) is 11.4 Å². The first-order valence-corrected chi connectivity index (χ1v) is 5.52. The van der Waals surface area contributed by atoms with Crippen molar-refractivity contribution >= 4 is 11.6 Å². The van der Waals surface area contributed by atoms with Gasteiger partial charge < -0.3 is 5.73 Å². The summed E-state index contributed by atoms with van der Waals surface area (Å²) in [5.41, 5.74) is 5.70. The van der Waals surface area contributed by atoms with Crippen LogP contribution in [0.3, 0.4) is 0 Å². The molecule has 1 aromatic heterocycles. The second-order valence-electron chi connectivity index (χ2n) is 3.47. The normalized spacial score (nSPS) is 10.8. The average Bonchev–Trinajstić information content (AvgIpc) is 2.78. The highest BCUT2D eigenvalue weighted by molar-refractivity contribution is 6.31. The zero-order chi connectivity index (χ0) is 12.3. The molecule has 0 fully saturated rings. The van der Waals surface area contributed by atoms with E-state index in [1.54, 1.807) is 12.1 Å². The van der Waals surface area contributed by atoms with Crippen LogP contribution < -0.4 is 5.73 Å². The predicted octanol–water partition coefficient (Wildman–Crippen LogP) is 1.48. The smallest absolute Gasteiger partial charge is 0.185 e. The lowest BCUT2D eigenvalue weighted by Crippen LogP contribution is -2.09. The van der Waals surface area contributed by atoms with Crippen LogP contribution in [0.15, 0.2) is 18.2 Å². The second-order valence-corrected chi connectivity index (χ2v) is 3.88. The molecule has 0 unspecified atom stereocenters. The van der Waals surface area contributed by atoms with Gasteiger partial charge in [-0.15, -0.1) is 5.10 Å². The molecule has 0 aliphatic rings. The third kappa shape index (κ3) is 2.42. The molecule has 0 saturated carbocycles. The number of aryl methyl sites for hydroxylation is 1. The molecular weight excluding hydrogens is 245 g/mol. The minimum absolute atomic E-state index is 0.0517. The number of hydrogen-bond donors (Lipinski definition) is 1. The minimum Gasteiger partial charge on any atom is -0.330 e. The monoisotopic (exact) mass is 255 g/mol. The highest BCUT2D eigenvalue weighted by Crippen LogP contribution is 2.25. The lowest BCUT2D eigenvalue weighted by molar-refractivity contribution is 0.565. The van der Waals surface area contributed by atoms with Crippen LogP contribution in [0.1, 0.15) is 6.42 Å². The number of aromatic nitrogens is 4. The molecule has 0 bridgehead atoms. The van der Waals surface area contributed by atoms with Crippen LogP contribution in [0, 0.1) is 5.82 Å². The first-order valence-electron chi connectivity index (χ1n) is 5.14. The number of benzene rings is 1. The van der Waals surface area contributed by atoms with Crippen molar-refractivity contribution in [2.75, 3.05) is 6.54 Å². The summed E-state index contributed by atoms with van der Waals surface area (Å²) in [5, 5.41) is 11.2. The molecule has 7 heteroatoms. The van der Waals surface area contributed by atoms with E-state index >= 15 is 0 Å². The molecule has 5 nitrogen and oxygen atoms in total. The Labute approximate surface area is 102 Å². The number of tetrazole rings is 1. The Bertz CT molecular complexity index is 513. The molecule has 2 N–H and O–H groups in total. The number of halogens is 2. The van der Waals surface area contributed by atoms with Gasteiger partial charge in [-0.1, -0.05) is 17.7 Å². The minimum atomic E-state index is -0.516. The van der Waals surface area contributed by atoms with E-state index in [2.05, 4.69) is 15.5 Å². The largest absolute Gasteiger partial charge is 0.330 e. The van der Waals surface area contributed by atoms with Gasteiger partial charge in [0.15, 0.2) is 11.6 Å². The van der Waals surface area contributed by atoms with Crippen LogP contribution in [0.5, 0.6) is 0 Å². The topological polar surface area (TPSA) is 69.6 Å². The van der Waals surface area contributed by atoms with Crippen molar-refractivity contribution in [1.29, 1.82) is 0 Å². The van der Waals surface area contributed by atoms with Crippen LogP contribution in [0.4, 0.5) is 4.39 Å². The first-order chi connectivity index (χ1) is 8.24. The number of hydrogen-bond acceptors (Lipinski definition) is 4. The van der Waals surface area contributed by atoms with Crippen LogP contribution >= 0.6 is 11.6 Å². The SMILES string of the molecule is NCCCn1nnnc1-c1cccc(Cl)c1F. The van der Waals surface area contributed by atoms with Gasteiger partial charge in [0, 0.05) is 6.54 Å². The number of rotatable bonds is 4. The van der Waals surface area contributed by atoms with Gasteiger partial charge in [-0.3, -0.25) is 0 Å². The highest BCUT2D eigenvalue weighted by atomic mass is 35.5. The molecule has 2 rings (SSSR count). The summed E-state index contributed by atoms with van der Waals surface area (Å²) in [6.07, 6.45) is 0.722. The molecule has 0 spiro atoms. The Kier molecular flexibility index (Phi) is 3.65. The molecule has 0 amide bonds. The molecule has 0 saturated heterocycles. The molecule has 2 aromatic rings. The Hall–Kier alpha value is -1.53. The van der Waals surface area contributed by atoms with E-state index in [1.807, 2.05) is 0 Å². The number of nitrogens with zero attached hydrogens (tertiary/aromatic N) is 4. The van der Waals surface area contributed by atoms with Crippen molar-refractivity contribution in [3.8, 4) is 11.4 Å². The summed E-state index contributed by atoms with van der Waals surface area (Å²) < 4.78 is 15.3. The van der Waals surface area contributed by atoms with Crippen LogP contribution in [0.2, 0.25) is 5.02 Å². The lowest BCUT2D eigenvalue weighted by Gasteiger charge is -2.05. The van der Waals surface area contributed by atoms with E-state index in [4.69, 9.17) is 17.3 Å². The molecule has 17 heavy (non-hydrogen) atoms. The zero-order valence-electron chi connectivity index (χ0n) is 8.98. The predicted molar refractivity (Wildman–Crippen MR) is 61.9 cm³/mol. The van der Waals surface area contributed by atoms with E-state index in [-0.39, 0.29) is 5.02 Å². The second kappa shape index (κ2) is 5.20. The summed E-state index contributed by atoms with van der Waals surface area (Å²) in [5.74, 6) is -0.156.